The number of sulfonamides is 1. The zero-order valence-electron chi connectivity index (χ0n) is 14.8. The van der Waals surface area contributed by atoms with E-state index >= 15 is 0 Å². The summed E-state index contributed by atoms with van der Waals surface area (Å²) in [7, 11) is -4.23. The average Bonchev–Trinajstić information content (AvgIpc) is 2.62. The largest absolute Gasteiger partial charge is 0.465 e. The summed E-state index contributed by atoms with van der Waals surface area (Å²) in [6, 6.07) is 7.83. The van der Waals surface area contributed by atoms with Crippen molar-refractivity contribution in [1.82, 2.24) is 9.97 Å². The second kappa shape index (κ2) is 8.02. The topological polar surface area (TPSA) is 121 Å². The van der Waals surface area contributed by atoms with Gasteiger partial charge in [0.2, 0.25) is 0 Å². The van der Waals surface area contributed by atoms with Gasteiger partial charge < -0.3 is 5.11 Å². The van der Waals surface area contributed by atoms with Gasteiger partial charge in [-0.3, -0.25) is 15.0 Å². The normalized spacial score (nSPS) is 11.1. The molecule has 29 heavy (non-hydrogen) atoms. The molecule has 0 unspecified atom stereocenters. The average molecular weight is 437 g/mol. The summed E-state index contributed by atoms with van der Waals surface area (Å²) in [4.78, 5) is 18.3. The van der Waals surface area contributed by atoms with Gasteiger partial charge in [-0.2, -0.15) is 0 Å². The molecule has 1 amide bonds. The lowest BCUT2D eigenvalue weighted by molar-refractivity contribution is 0.209. The van der Waals surface area contributed by atoms with Gasteiger partial charge in [-0.05, 0) is 48.9 Å². The number of halogens is 2. The Hall–Kier alpha value is -3.24. The fourth-order valence-corrected chi connectivity index (χ4v) is 3.80. The molecule has 0 aliphatic rings. The number of carboxylic acid groups (broad SMARTS) is 1. The third kappa shape index (κ3) is 4.79. The summed E-state index contributed by atoms with van der Waals surface area (Å²) in [5, 5.41) is 11.0. The van der Waals surface area contributed by atoms with Gasteiger partial charge in [0.05, 0.1) is 11.4 Å². The van der Waals surface area contributed by atoms with Crippen LogP contribution in [0.15, 0.2) is 53.7 Å². The van der Waals surface area contributed by atoms with Crippen molar-refractivity contribution in [2.45, 2.75) is 11.8 Å². The van der Waals surface area contributed by atoms with Crippen LogP contribution in [0, 0.1) is 12.7 Å². The smallest absolute Gasteiger partial charge is 0.410 e. The number of pyridine rings is 2. The predicted octanol–water partition coefficient (Wildman–Crippen LogP) is 4.14. The van der Waals surface area contributed by atoms with Crippen molar-refractivity contribution < 1.29 is 22.7 Å². The van der Waals surface area contributed by atoms with Crippen LogP contribution in [0.1, 0.15) is 5.69 Å². The van der Waals surface area contributed by atoms with Crippen LogP contribution < -0.4 is 10.0 Å². The summed E-state index contributed by atoms with van der Waals surface area (Å²) in [5.41, 5.74) is 1.56. The summed E-state index contributed by atoms with van der Waals surface area (Å²) in [6.45, 7) is 1.59. The molecule has 8 nitrogen and oxygen atoms in total. The molecule has 0 saturated heterocycles. The first kappa shape index (κ1) is 20.5. The van der Waals surface area contributed by atoms with E-state index in [9.17, 15) is 17.6 Å². The van der Waals surface area contributed by atoms with Gasteiger partial charge in [0.25, 0.3) is 10.0 Å². The molecular weight excluding hydrogens is 423 g/mol. The van der Waals surface area contributed by atoms with Crippen LogP contribution in [0.5, 0.6) is 0 Å². The minimum Gasteiger partial charge on any atom is -0.465 e. The van der Waals surface area contributed by atoms with Crippen LogP contribution in [0.2, 0.25) is 5.02 Å². The number of rotatable bonds is 5. The molecule has 2 aromatic heterocycles. The number of aryl methyl sites for hydroxylation is 1. The molecule has 3 rings (SSSR count). The van der Waals surface area contributed by atoms with Crippen molar-refractivity contribution in [2.24, 2.45) is 0 Å². The van der Waals surface area contributed by atoms with E-state index in [1.165, 1.54) is 30.6 Å². The minimum absolute atomic E-state index is 0.0738. The summed E-state index contributed by atoms with van der Waals surface area (Å²) in [5.74, 6) is -0.883. The number of anilines is 2. The van der Waals surface area contributed by atoms with Crippen molar-refractivity contribution in [3.05, 3.63) is 65.3 Å². The third-order valence-electron chi connectivity index (χ3n) is 3.84. The van der Waals surface area contributed by atoms with Gasteiger partial charge in [-0.25, -0.2) is 22.6 Å². The Labute approximate surface area is 170 Å². The Morgan fingerprint density at radius 2 is 1.90 bits per heavy atom. The molecule has 0 spiro atoms. The van der Waals surface area contributed by atoms with Crippen molar-refractivity contribution in [2.75, 3.05) is 10.0 Å². The van der Waals surface area contributed by atoms with E-state index in [-0.39, 0.29) is 16.5 Å². The summed E-state index contributed by atoms with van der Waals surface area (Å²) in [6.07, 6.45) is 1.62. The maximum Gasteiger partial charge on any atom is 0.410 e. The van der Waals surface area contributed by atoms with E-state index in [1.807, 2.05) is 0 Å². The van der Waals surface area contributed by atoms with Crippen LogP contribution in [-0.4, -0.2) is 29.6 Å². The number of hydrogen-bond acceptors (Lipinski definition) is 5. The predicted molar refractivity (Wildman–Crippen MR) is 106 cm³/mol. The Bertz CT molecular complexity index is 1200. The fraction of sp³-hybridized carbons (Fsp3) is 0.0556. The van der Waals surface area contributed by atoms with Gasteiger partial charge in [0.15, 0.2) is 0 Å². The minimum atomic E-state index is -4.23. The van der Waals surface area contributed by atoms with E-state index in [0.29, 0.717) is 16.8 Å². The highest BCUT2D eigenvalue weighted by molar-refractivity contribution is 7.92. The van der Waals surface area contributed by atoms with E-state index in [1.54, 1.807) is 13.0 Å². The SMILES string of the molecule is Cc1ncc(-c2ccnc(NC(=O)O)c2)cc1NS(=O)(=O)c1ccc(Cl)cc1F. The summed E-state index contributed by atoms with van der Waals surface area (Å²) >= 11 is 5.67. The first-order valence-electron chi connectivity index (χ1n) is 8.06. The standard InChI is InChI=1S/C18H14ClFN4O4S/c1-10-15(24-29(27,28)16-3-2-13(19)8-14(16)20)6-12(9-22-10)11-4-5-21-17(7-11)23-18(25)26/h2-9,24H,1H3,(H,21,23)(H,25,26). The Balaban J connectivity index is 1.97. The third-order valence-corrected chi connectivity index (χ3v) is 5.48. The molecule has 0 bridgehead atoms. The van der Waals surface area contributed by atoms with Crippen LogP contribution in [0.25, 0.3) is 11.1 Å². The molecule has 0 saturated carbocycles. The number of benzene rings is 1. The molecule has 1 aromatic carbocycles. The zero-order chi connectivity index (χ0) is 21.2. The number of nitrogens with zero attached hydrogens (tertiary/aromatic N) is 2. The summed E-state index contributed by atoms with van der Waals surface area (Å²) < 4.78 is 41.6. The van der Waals surface area contributed by atoms with E-state index in [4.69, 9.17) is 16.7 Å². The van der Waals surface area contributed by atoms with E-state index < -0.39 is 26.8 Å². The molecule has 0 atom stereocenters. The zero-order valence-corrected chi connectivity index (χ0v) is 16.4. The Morgan fingerprint density at radius 1 is 1.14 bits per heavy atom. The number of aromatic nitrogens is 2. The second-order valence-electron chi connectivity index (χ2n) is 5.90. The molecule has 150 valence electrons. The molecule has 3 aromatic rings. The first-order chi connectivity index (χ1) is 13.7. The number of amides is 1. The lowest BCUT2D eigenvalue weighted by Gasteiger charge is -2.13. The highest BCUT2D eigenvalue weighted by Gasteiger charge is 2.21. The monoisotopic (exact) mass is 436 g/mol. The van der Waals surface area contributed by atoms with E-state index in [2.05, 4.69) is 20.0 Å². The van der Waals surface area contributed by atoms with Gasteiger partial charge in [-0.1, -0.05) is 11.6 Å². The highest BCUT2D eigenvalue weighted by atomic mass is 35.5. The molecular formula is C18H14ClFN4O4S. The lowest BCUT2D eigenvalue weighted by atomic mass is 10.1. The lowest BCUT2D eigenvalue weighted by Crippen LogP contribution is -2.15. The molecule has 0 fully saturated rings. The Morgan fingerprint density at radius 3 is 2.59 bits per heavy atom. The first-order valence-corrected chi connectivity index (χ1v) is 9.93. The van der Waals surface area contributed by atoms with Crippen molar-refractivity contribution in [3.63, 3.8) is 0 Å². The molecule has 0 aliphatic carbocycles. The van der Waals surface area contributed by atoms with Crippen LogP contribution >= 0.6 is 11.6 Å². The van der Waals surface area contributed by atoms with Crippen molar-refractivity contribution in [3.8, 4) is 11.1 Å². The number of carbonyl (C=O) groups is 1. The van der Waals surface area contributed by atoms with Crippen LogP contribution in [-0.2, 0) is 10.0 Å². The quantitative estimate of drug-likeness (QED) is 0.552. The molecule has 2 heterocycles. The Kier molecular flexibility index (Phi) is 5.66. The number of hydrogen-bond donors (Lipinski definition) is 3. The molecule has 0 aliphatic heterocycles. The molecule has 11 heteroatoms. The van der Waals surface area contributed by atoms with Crippen molar-refractivity contribution >= 4 is 39.2 Å². The van der Waals surface area contributed by atoms with Gasteiger partial charge >= 0.3 is 6.09 Å². The second-order valence-corrected chi connectivity index (χ2v) is 7.98. The maximum atomic E-state index is 14.1. The van der Waals surface area contributed by atoms with Crippen LogP contribution in [0.3, 0.4) is 0 Å². The van der Waals surface area contributed by atoms with Crippen LogP contribution in [0.4, 0.5) is 20.7 Å². The van der Waals surface area contributed by atoms with Gasteiger partial charge in [0, 0.05) is 23.0 Å². The molecule has 0 radical (unpaired) electrons. The molecule has 3 N–H and O–H groups in total. The fourth-order valence-electron chi connectivity index (χ4n) is 2.48. The maximum absolute atomic E-state index is 14.1. The van der Waals surface area contributed by atoms with E-state index in [0.717, 1.165) is 12.1 Å². The van der Waals surface area contributed by atoms with Crippen molar-refractivity contribution in [1.29, 1.82) is 0 Å². The highest BCUT2D eigenvalue weighted by Crippen LogP contribution is 2.27. The van der Waals surface area contributed by atoms with Gasteiger partial charge in [-0.15, -0.1) is 0 Å². The number of nitrogens with one attached hydrogen (secondary N) is 2. The van der Waals surface area contributed by atoms with Gasteiger partial charge in [0.1, 0.15) is 16.5 Å².